The Balaban J connectivity index is 1.76. The monoisotopic (exact) mass is 286 g/mol. The van der Waals surface area contributed by atoms with Crippen molar-refractivity contribution in [2.24, 2.45) is 0 Å². The zero-order valence-corrected chi connectivity index (χ0v) is 12.6. The van der Waals surface area contributed by atoms with Crippen LogP contribution in [0.15, 0.2) is 34.1 Å². The van der Waals surface area contributed by atoms with Crippen molar-refractivity contribution in [3.05, 3.63) is 51.7 Å². The first-order valence-electron chi connectivity index (χ1n) is 6.89. The summed E-state index contributed by atoms with van der Waals surface area (Å²) in [4.78, 5) is 4.47. The third kappa shape index (κ3) is 2.62. The van der Waals surface area contributed by atoms with E-state index in [1.54, 1.807) is 11.3 Å². The van der Waals surface area contributed by atoms with Crippen LogP contribution in [-0.4, -0.2) is 4.98 Å². The number of nitrogens with zero attached hydrogens (tertiary/aromatic N) is 1. The van der Waals surface area contributed by atoms with Gasteiger partial charge in [0, 0.05) is 35.8 Å². The van der Waals surface area contributed by atoms with Gasteiger partial charge in [-0.05, 0) is 13.0 Å². The van der Waals surface area contributed by atoms with Gasteiger partial charge in [-0.1, -0.05) is 25.1 Å². The maximum atomic E-state index is 5.90. The topological polar surface area (TPSA) is 38.1 Å². The van der Waals surface area contributed by atoms with Crippen LogP contribution < -0.4 is 5.32 Å². The normalized spacial score (nSPS) is 11.3. The van der Waals surface area contributed by atoms with Gasteiger partial charge in [-0.25, -0.2) is 4.98 Å². The molecule has 2 heterocycles. The highest BCUT2D eigenvalue weighted by atomic mass is 32.1. The number of benzene rings is 1. The number of para-hydroxylation sites is 1. The molecule has 3 nitrogen and oxygen atoms in total. The van der Waals surface area contributed by atoms with Crippen LogP contribution in [0.5, 0.6) is 0 Å². The number of aromatic nitrogens is 1. The minimum Gasteiger partial charge on any atom is -0.461 e. The van der Waals surface area contributed by atoms with Crippen LogP contribution >= 0.6 is 11.3 Å². The second kappa shape index (κ2) is 5.77. The molecule has 1 N–H and O–H groups in total. The number of rotatable bonds is 5. The summed E-state index contributed by atoms with van der Waals surface area (Å²) in [6.07, 6.45) is 0.918. The number of hydrogen-bond donors (Lipinski definition) is 1. The molecule has 0 amide bonds. The smallest absolute Gasteiger partial charge is 0.134 e. The number of nitrogens with one attached hydrogen (secondary N) is 1. The van der Waals surface area contributed by atoms with Gasteiger partial charge in [0.2, 0.25) is 0 Å². The highest BCUT2D eigenvalue weighted by Gasteiger charge is 2.11. The zero-order valence-electron chi connectivity index (χ0n) is 11.8. The molecule has 2 aromatic heterocycles. The van der Waals surface area contributed by atoms with Crippen molar-refractivity contribution < 1.29 is 4.42 Å². The van der Waals surface area contributed by atoms with Gasteiger partial charge in [0.15, 0.2) is 0 Å². The molecule has 0 aliphatic carbocycles. The summed E-state index contributed by atoms with van der Waals surface area (Å²) in [5.41, 5.74) is 3.36. The molecule has 0 unspecified atom stereocenters. The van der Waals surface area contributed by atoms with E-state index in [9.17, 15) is 0 Å². The van der Waals surface area contributed by atoms with E-state index in [0.29, 0.717) is 0 Å². The standard InChI is InChI=1S/C16H18N2OS/c1-3-15-14(13-6-4-5-7-16(13)19-15)9-17-8-12-10-20-11(2)18-12/h4-7,10,17H,3,8-9H2,1-2H3. The quantitative estimate of drug-likeness (QED) is 0.769. The Hall–Kier alpha value is -1.65. The number of thiazole rings is 1. The molecule has 0 spiro atoms. The second-order valence-corrected chi connectivity index (χ2v) is 5.88. The Morgan fingerprint density at radius 2 is 2.10 bits per heavy atom. The van der Waals surface area contributed by atoms with Crippen LogP contribution in [0.25, 0.3) is 11.0 Å². The molecule has 0 radical (unpaired) electrons. The molecule has 0 aliphatic heterocycles. The van der Waals surface area contributed by atoms with Crippen LogP contribution in [0.1, 0.15) is 28.9 Å². The Kier molecular flexibility index (Phi) is 3.85. The van der Waals surface area contributed by atoms with Gasteiger partial charge >= 0.3 is 0 Å². The van der Waals surface area contributed by atoms with Crippen LogP contribution in [-0.2, 0) is 19.5 Å². The lowest BCUT2D eigenvalue weighted by atomic mass is 10.1. The predicted octanol–water partition coefficient (Wildman–Crippen LogP) is 4.05. The minimum atomic E-state index is 0.799. The molecule has 3 rings (SSSR count). The SMILES string of the molecule is CCc1oc2ccccc2c1CNCc1csc(C)n1. The Labute approximate surface area is 122 Å². The summed E-state index contributed by atoms with van der Waals surface area (Å²) in [5.74, 6) is 1.08. The first-order valence-corrected chi connectivity index (χ1v) is 7.77. The molecule has 0 fully saturated rings. The highest BCUT2D eigenvalue weighted by Crippen LogP contribution is 2.26. The van der Waals surface area contributed by atoms with E-state index < -0.39 is 0 Å². The van der Waals surface area contributed by atoms with Gasteiger partial charge < -0.3 is 9.73 Å². The first kappa shape index (κ1) is 13.3. The van der Waals surface area contributed by atoms with Crippen molar-refractivity contribution in [3.8, 4) is 0 Å². The summed E-state index contributed by atoms with van der Waals surface area (Å²) in [6, 6.07) is 8.23. The van der Waals surface area contributed by atoms with E-state index in [4.69, 9.17) is 4.42 Å². The average Bonchev–Trinajstić information content (AvgIpc) is 3.03. The number of fused-ring (bicyclic) bond motifs is 1. The third-order valence-corrected chi connectivity index (χ3v) is 4.20. The van der Waals surface area contributed by atoms with E-state index >= 15 is 0 Å². The maximum Gasteiger partial charge on any atom is 0.134 e. The molecule has 1 aromatic carbocycles. The maximum absolute atomic E-state index is 5.90. The van der Waals surface area contributed by atoms with E-state index in [-0.39, 0.29) is 0 Å². The summed E-state index contributed by atoms with van der Waals surface area (Å²) in [5, 5.41) is 7.91. The Morgan fingerprint density at radius 3 is 2.85 bits per heavy atom. The van der Waals surface area contributed by atoms with E-state index in [0.717, 1.165) is 41.6 Å². The lowest BCUT2D eigenvalue weighted by Crippen LogP contribution is -2.13. The van der Waals surface area contributed by atoms with Gasteiger partial charge in [0.25, 0.3) is 0 Å². The fourth-order valence-corrected chi connectivity index (χ4v) is 3.05. The molecule has 0 saturated heterocycles. The summed E-state index contributed by atoms with van der Waals surface area (Å²) < 4.78 is 5.90. The van der Waals surface area contributed by atoms with Crippen molar-refractivity contribution in [3.63, 3.8) is 0 Å². The molecular formula is C16H18N2OS. The molecule has 4 heteroatoms. The lowest BCUT2D eigenvalue weighted by Gasteiger charge is -2.03. The van der Waals surface area contributed by atoms with Gasteiger partial charge in [0.05, 0.1) is 10.7 Å². The molecule has 104 valence electrons. The van der Waals surface area contributed by atoms with Crippen molar-refractivity contribution >= 4 is 22.3 Å². The van der Waals surface area contributed by atoms with E-state index in [2.05, 4.69) is 34.7 Å². The molecule has 0 aliphatic rings. The van der Waals surface area contributed by atoms with Crippen LogP contribution in [0.3, 0.4) is 0 Å². The van der Waals surface area contributed by atoms with Gasteiger partial charge in [-0.2, -0.15) is 0 Å². The van der Waals surface area contributed by atoms with E-state index in [1.807, 2.05) is 19.1 Å². The lowest BCUT2D eigenvalue weighted by molar-refractivity contribution is 0.543. The minimum absolute atomic E-state index is 0.799. The average molecular weight is 286 g/mol. The summed E-state index contributed by atoms with van der Waals surface area (Å²) >= 11 is 1.69. The largest absolute Gasteiger partial charge is 0.461 e. The van der Waals surface area contributed by atoms with Gasteiger partial charge in [-0.15, -0.1) is 11.3 Å². The predicted molar refractivity (Wildman–Crippen MR) is 83.0 cm³/mol. The molecule has 0 atom stereocenters. The fraction of sp³-hybridized carbons (Fsp3) is 0.312. The fourth-order valence-electron chi connectivity index (χ4n) is 2.43. The van der Waals surface area contributed by atoms with E-state index in [1.165, 1.54) is 10.9 Å². The van der Waals surface area contributed by atoms with Crippen molar-refractivity contribution in [2.45, 2.75) is 33.4 Å². The third-order valence-electron chi connectivity index (χ3n) is 3.38. The summed E-state index contributed by atoms with van der Waals surface area (Å²) in [7, 11) is 0. The van der Waals surface area contributed by atoms with Crippen LogP contribution in [0.4, 0.5) is 0 Å². The van der Waals surface area contributed by atoms with Crippen molar-refractivity contribution in [1.82, 2.24) is 10.3 Å². The highest BCUT2D eigenvalue weighted by molar-refractivity contribution is 7.09. The molecule has 0 bridgehead atoms. The molecule has 20 heavy (non-hydrogen) atoms. The Morgan fingerprint density at radius 1 is 1.25 bits per heavy atom. The second-order valence-electron chi connectivity index (χ2n) is 4.81. The van der Waals surface area contributed by atoms with Crippen LogP contribution in [0, 0.1) is 6.92 Å². The zero-order chi connectivity index (χ0) is 13.9. The molecule has 0 saturated carbocycles. The van der Waals surface area contributed by atoms with Crippen LogP contribution in [0.2, 0.25) is 0 Å². The molecular weight excluding hydrogens is 268 g/mol. The van der Waals surface area contributed by atoms with Gasteiger partial charge in [-0.3, -0.25) is 0 Å². The number of furan rings is 1. The Bertz CT molecular complexity index is 714. The van der Waals surface area contributed by atoms with Crippen molar-refractivity contribution in [2.75, 3.05) is 0 Å². The molecule has 3 aromatic rings. The first-order chi connectivity index (χ1) is 9.78. The summed E-state index contributed by atoms with van der Waals surface area (Å²) in [6.45, 7) is 5.78. The van der Waals surface area contributed by atoms with Gasteiger partial charge in [0.1, 0.15) is 11.3 Å². The van der Waals surface area contributed by atoms with Crippen molar-refractivity contribution in [1.29, 1.82) is 0 Å². The number of hydrogen-bond acceptors (Lipinski definition) is 4. The number of aryl methyl sites for hydroxylation is 2.